The van der Waals surface area contributed by atoms with Gasteiger partial charge in [-0.25, -0.2) is 4.57 Å². The first-order valence-corrected chi connectivity index (χ1v) is 25.0. The number of phosphoric ester groups is 1. The third-order valence-electron chi connectivity index (χ3n) is 10.4. The molecule has 1 N–H and O–H groups in total. The zero-order valence-electron chi connectivity index (χ0n) is 36.8. The van der Waals surface area contributed by atoms with Crippen LogP contribution in [-0.2, 0) is 32.7 Å². The van der Waals surface area contributed by atoms with Gasteiger partial charge in [-0.1, -0.05) is 205 Å². The molecule has 0 fully saturated rings. The molecule has 0 spiro atoms. The average Bonchev–Trinajstić information content (AvgIpc) is 3.19. The van der Waals surface area contributed by atoms with E-state index in [4.69, 9.17) is 14.0 Å². The second-order valence-electron chi connectivity index (χ2n) is 15.9. The zero-order valence-corrected chi connectivity index (χ0v) is 37.7. The molecule has 0 aromatic carbocycles. The van der Waals surface area contributed by atoms with Crippen molar-refractivity contribution in [3.8, 4) is 0 Å². The fourth-order valence-corrected chi connectivity index (χ4v) is 7.27. The molecule has 0 aliphatic rings. The van der Waals surface area contributed by atoms with Crippen LogP contribution in [0.15, 0.2) is 24.3 Å². The number of carbonyl (C=O) groups is 2. The second kappa shape index (κ2) is 43.1. The van der Waals surface area contributed by atoms with Crippen molar-refractivity contribution in [3.05, 3.63) is 24.3 Å². The van der Waals surface area contributed by atoms with E-state index in [2.05, 4.69) is 42.7 Å². The van der Waals surface area contributed by atoms with Gasteiger partial charge in [-0.15, -0.1) is 0 Å². The summed E-state index contributed by atoms with van der Waals surface area (Å²) in [6.07, 6.45) is 49.4. The summed E-state index contributed by atoms with van der Waals surface area (Å²) in [4.78, 5) is 34.6. The lowest BCUT2D eigenvalue weighted by Gasteiger charge is -2.19. The van der Waals surface area contributed by atoms with Crippen LogP contribution in [0.1, 0.15) is 239 Å². The third kappa shape index (κ3) is 42.1. The third-order valence-corrected chi connectivity index (χ3v) is 11.4. The molecule has 330 valence electrons. The first kappa shape index (κ1) is 54.5. The van der Waals surface area contributed by atoms with Gasteiger partial charge >= 0.3 is 19.8 Å². The van der Waals surface area contributed by atoms with Crippen molar-refractivity contribution in [2.45, 2.75) is 245 Å². The van der Waals surface area contributed by atoms with Crippen molar-refractivity contribution in [2.75, 3.05) is 20.3 Å². The summed E-state index contributed by atoms with van der Waals surface area (Å²) in [6, 6.07) is 0. The molecule has 2 unspecified atom stereocenters. The Morgan fingerprint density at radius 3 is 1.27 bits per heavy atom. The van der Waals surface area contributed by atoms with Gasteiger partial charge in [-0.3, -0.25) is 18.6 Å². The Bertz CT molecular complexity index is 968. The molecule has 56 heavy (non-hydrogen) atoms. The minimum Gasteiger partial charge on any atom is -0.462 e. The summed E-state index contributed by atoms with van der Waals surface area (Å²) in [5, 5.41) is 0. The number of allylic oxidation sites excluding steroid dienone is 4. The lowest BCUT2D eigenvalue weighted by Crippen LogP contribution is -2.29. The highest BCUT2D eigenvalue weighted by Crippen LogP contribution is 2.42. The van der Waals surface area contributed by atoms with Crippen LogP contribution in [0.25, 0.3) is 0 Å². The van der Waals surface area contributed by atoms with Gasteiger partial charge in [0.15, 0.2) is 6.10 Å². The Balaban J connectivity index is 3.93. The van der Waals surface area contributed by atoms with E-state index in [1.165, 1.54) is 154 Å². The molecular formula is C47H89O8P. The molecule has 0 aromatic rings. The number of ether oxygens (including phenoxy) is 2. The first-order chi connectivity index (χ1) is 27.3. The molecule has 0 saturated carbocycles. The number of phosphoric acid groups is 1. The second-order valence-corrected chi connectivity index (χ2v) is 17.5. The lowest BCUT2D eigenvalue weighted by atomic mass is 10.0. The van der Waals surface area contributed by atoms with Gasteiger partial charge in [0.25, 0.3) is 0 Å². The predicted octanol–water partition coefficient (Wildman–Crippen LogP) is 15.0. The van der Waals surface area contributed by atoms with Gasteiger partial charge in [0.2, 0.25) is 0 Å². The molecule has 8 nitrogen and oxygen atoms in total. The van der Waals surface area contributed by atoms with E-state index in [-0.39, 0.29) is 19.0 Å². The van der Waals surface area contributed by atoms with Crippen molar-refractivity contribution in [1.82, 2.24) is 0 Å². The number of unbranched alkanes of at least 4 members (excludes halogenated alkanes) is 29. The summed E-state index contributed by atoms with van der Waals surface area (Å²) >= 11 is 0. The molecular weight excluding hydrogens is 723 g/mol. The Morgan fingerprint density at radius 2 is 0.857 bits per heavy atom. The predicted molar refractivity (Wildman–Crippen MR) is 235 cm³/mol. The van der Waals surface area contributed by atoms with Gasteiger partial charge in [0, 0.05) is 20.0 Å². The number of esters is 2. The van der Waals surface area contributed by atoms with Gasteiger partial charge in [-0.2, -0.15) is 0 Å². The quantitative estimate of drug-likeness (QED) is 0.0280. The van der Waals surface area contributed by atoms with Gasteiger partial charge in [-0.05, 0) is 44.9 Å². The summed E-state index contributed by atoms with van der Waals surface area (Å²) < 4.78 is 32.1. The summed E-state index contributed by atoms with van der Waals surface area (Å²) in [6.45, 7) is 3.90. The normalized spacial score (nSPS) is 13.4. The van der Waals surface area contributed by atoms with Crippen molar-refractivity contribution >= 4 is 19.8 Å². The van der Waals surface area contributed by atoms with E-state index in [0.717, 1.165) is 58.5 Å². The monoisotopic (exact) mass is 813 g/mol. The lowest BCUT2D eigenvalue weighted by molar-refractivity contribution is -0.161. The number of rotatable bonds is 44. The van der Waals surface area contributed by atoms with Gasteiger partial charge in [0.05, 0.1) is 6.61 Å². The van der Waals surface area contributed by atoms with Crippen LogP contribution < -0.4 is 0 Å². The van der Waals surface area contributed by atoms with Gasteiger partial charge in [0.1, 0.15) is 6.61 Å². The van der Waals surface area contributed by atoms with Crippen molar-refractivity contribution in [2.24, 2.45) is 0 Å². The molecule has 0 aliphatic heterocycles. The number of carbonyl (C=O) groups excluding carboxylic acids is 2. The van der Waals surface area contributed by atoms with E-state index in [0.29, 0.717) is 12.8 Å². The minimum absolute atomic E-state index is 0.224. The fourth-order valence-electron chi connectivity index (χ4n) is 6.81. The molecule has 0 heterocycles. The maximum absolute atomic E-state index is 12.5. The molecule has 0 aromatic heterocycles. The van der Waals surface area contributed by atoms with E-state index in [1.54, 1.807) is 0 Å². The summed E-state index contributed by atoms with van der Waals surface area (Å²) in [5.74, 6) is -0.801. The highest BCUT2D eigenvalue weighted by Gasteiger charge is 2.24. The Kier molecular flexibility index (Phi) is 42.0. The Morgan fingerprint density at radius 1 is 0.500 bits per heavy atom. The average molecular weight is 813 g/mol. The van der Waals surface area contributed by atoms with Crippen LogP contribution in [-0.4, -0.2) is 43.3 Å². The van der Waals surface area contributed by atoms with Crippen LogP contribution >= 0.6 is 7.82 Å². The van der Waals surface area contributed by atoms with Crippen molar-refractivity contribution in [3.63, 3.8) is 0 Å². The van der Waals surface area contributed by atoms with Crippen LogP contribution in [0.5, 0.6) is 0 Å². The van der Waals surface area contributed by atoms with Crippen molar-refractivity contribution in [1.29, 1.82) is 0 Å². The molecule has 0 saturated heterocycles. The molecule has 0 aliphatic carbocycles. The van der Waals surface area contributed by atoms with E-state index in [1.807, 2.05) is 0 Å². The maximum Gasteiger partial charge on any atom is 0.472 e. The standard InChI is InChI=1S/C47H89O8P/c1-4-6-8-10-12-14-16-18-20-22-24-26-27-29-31-33-35-37-39-41-46(48)53-43-45(44-54-56(50,51)52-3)55-47(49)42-40-38-36-34-32-30-28-25-23-21-19-17-15-13-11-9-7-5-2/h15,17,21,23,45H,4-14,16,18-20,22,24-44H2,1-3H3,(H,50,51)/b17-15-,23-21-. The highest BCUT2D eigenvalue weighted by atomic mass is 31.2. The Labute approximate surface area is 345 Å². The molecule has 2 atom stereocenters. The topological polar surface area (TPSA) is 108 Å². The van der Waals surface area contributed by atoms with Gasteiger partial charge < -0.3 is 14.4 Å². The largest absolute Gasteiger partial charge is 0.472 e. The van der Waals surface area contributed by atoms with Crippen molar-refractivity contribution < 1.29 is 37.6 Å². The number of hydrogen-bond acceptors (Lipinski definition) is 7. The molecule has 0 rings (SSSR count). The molecule has 9 heteroatoms. The fraction of sp³-hybridized carbons (Fsp3) is 0.872. The van der Waals surface area contributed by atoms with Crippen LogP contribution in [0.4, 0.5) is 0 Å². The van der Waals surface area contributed by atoms with Crippen LogP contribution in [0.3, 0.4) is 0 Å². The molecule has 0 radical (unpaired) electrons. The Hall–Kier alpha value is -1.47. The smallest absolute Gasteiger partial charge is 0.462 e. The van der Waals surface area contributed by atoms with E-state index >= 15 is 0 Å². The maximum atomic E-state index is 12.5. The highest BCUT2D eigenvalue weighted by molar-refractivity contribution is 7.47. The number of hydrogen-bond donors (Lipinski definition) is 1. The molecule has 0 amide bonds. The van der Waals surface area contributed by atoms with E-state index < -0.39 is 26.5 Å². The van der Waals surface area contributed by atoms with Crippen LogP contribution in [0.2, 0.25) is 0 Å². The summed E-state index contributed by atoms with van der Waals surface area (Å²) in [5.41, 5.74) is 0. The first-order valence-electron chi connectivity index (χ1n) is 23.5. The molecule has 0 bridgehead atoms. The summed E-state index contributed by atoms with van der Waals surface area (Å²) in [7, 11) is -3.20. The van der Waals surface area contributed by atoms with Crippen LogP contribution in [0, 0.1) is 0 Å². The SMILES string of the molecule is CCCCCC/C=C\C/C=C\CCCCCCCCCC(=O)OC(COC(=O)CCCCCCCCCCCCCCCCCCCCC)COP(=O)(O)OC. The van der Waals surface area contributed by atoms with E-state index in [9.17, 15) is 19.0 Å². The zero-order chi connectivity index (χ0) is 41.1. The minimum atomic E-state index is -4.26.